The van der Waals surface area contributed by atoms with E-state index in [0.717, 1.165) is 37.7 Å². The molecular weight excluding hydrogens is 360 g/mol. The molecule has 2 aromatic rings. The largest absolute Gasteiger partial charge is 0.349 e. The monoisotopic (exact) mass is 388 g/mol. The van der Waals surface area contributed by atoms with Crippen LogP contribution >= 0.6 is 0 Å². The van der Waals surface area contributed by atoms with Crippen LogP contribution in [-0.4, -0.2) is 29.8 Å². The predicted octanol–water partition coefficient (Wildman–Crippen LogP) is 4.13. The van der Waals surface area contributed by atoms with Crippen molar-refractivity contribution in [3.05, 3.63) is 77.4 Å². The summed E-state index contributed by atoms with van der Waals surface area (Å²) in [5.41, 5.74) is 3.64. The van der Waals surface area contributed by atoms with Gasteiger partial charge < -0.3 is 10.2 Å². The summed E-state index contributed by atoms with van der Waals surface area (Å²) in [5.74, 6) is 0.152. The molecular formula is C25H28N2O2. The normalized spacial score (nSPS) is 19.7. The van der Waals surface area contributed by atoms with Crippen molar-refractivity contribution in [1.29, 1.82) is 0 Å². The van der Waals surface area contributed by atoms with Crippen molar-refractivity contribution in [2.75, 3.05) is 13.1 Å². The highest BCUT2D eigenvalue weighted by Gasteiger charge is 2.29. The molecule has 1 N–H and O–H groups in total. The first kappa shape index (κ1) is 19.4. The van der Waals surface area contributed by atoms with E-state index in [1.807, 2.05) is 41.3 Å². The first-order valence-corrected chi connectivity index (χ1v) is 10.6. The van der Waals surface area contributed by atoms with E-state index >= 15 is 0 Å². The van der Waals surface area contributed by atoms with Crippen molar-refractivity contribution in [3.8, 4) is 0 Å². The average molecular weight is 389 g/mol. The van der Waals surface area contributed by atoms with Gasteiger partial charge >= 0.3 is 0 Å². The fourth-order valence-corrected chi connectivity index (χ4v) is 4.39. The molecule has 2 aromatic carbocycles. The van der Waals surface area contributed by atoms with Crippen LogP contribution in [-0.2, 0) is 16.0 Å². The number of aryl methyl sites for hydroxylation is 1. The Bertz CT molecular complexity index is 883. The summed E-state index contributed by atoms with van der Waals surface area (Å²) in [5, 5.41) is 3.28. The fraction of sp³-hybridized carbons (Fsp3) is 0.360. The quantitative estimate of drug-likeness (QED) is 0.801. The van der Waals surface area contributed by atoms with Crippen LogP contribution in [0.4, 0.5) is 0 Å². The van der Waals surface area contributed by atoms with Gasteiger partial charge in [0.25, 0.3) is 0 Å². The van der Waals surface area contributed by atoms with Crippen LogP contribution in [0.3, 0.4) is 0 Å². The summed E-state index contributed by atoms with van der Waals surface area (Å²) in [6, 6.07) is 18.4. The molecule has 2 aliphatic rings. The summed E-state index contributed by atoms with van der Waals surface area (Å²) in [6.07, 6.45) is 8.15. The van der Waals surface area contributed by atoms with Crippen LogP contribution in [0.15, 0.2) is 60.7 Å². The number of carbonyl (C=O) groups excluding carboxylic acids is 2. The van der Waals surface area contributed by atoms with Gasteiger partial charge in [0.05, 0.1) is 6.04 Å². The van der Waals surface area contributed by atoms with Crippen molar-refractivity contribution in [2.24, 2.45) is 5.92 Å². The zero-order chi connectivity index (χ0) is 20.1. The summed E-state index contributed by atoms with van der Waals surface area (Å²) < 4.78 is 0. The number of likely N-dealkylation sites (tertiary alicyclic amines) is 1. The SMILES string of the molecule is O=C(NC1CCCc2ccccc21)C1CCN(C(=O)/C=C/c2ccccc2)CC1. The van der Waals surface area contributed by atoms with E-state index < -0.39 is 0 Å². The molecule has 1 aliphatic heterocycles. The molecule has 1 aliphatic carbocycles. The Balaban J connectivity index is 1.29. The number of amides is 2. The second kappa shape index (κ2) is 9.08. The molecule has 1 saturated heterocycles. The number of hydrogen-bond acceptors (Lipinski definition) is 2. The number of nitrogens with one attached hydrogen (secondary N) is 1. The number of rotatable bonds is 4. The molecule has 0 saturated carbocycles. The maximum atomic E-state index is 12.8. The highest BCUT2D eigenvalue weighted by atomic mass is 16.2. The van der Waals surface area contributed by atoms with Gasteiger partial charge in [-0.1, -0.05) is 54.6 Å². The second-order valence-electron chi connectivity index (χ2n) is 8.00. The highest BCUT2D eigenvalue weighted by Crippen LogP contribution is 2.30. The molecule has 1 heterocycles. The zero-order valence-electron chi connectivity index (χ0n) is 16.7. The third-order valence-corrected chi connectivity index (χ3v) is 6.08. The van der Waals surface area contributed by atoms with Crippen LogP contribution in [0, 0.1) is 5.92 Å². The Morgan fingerprint density at radius 3 is 2.45 bits per heavy atom. The number of piperidine rings is 1. The van der Waals surface area contributed by atoms with Crippen molar-refractivity contribution in [3.63, 3.8) is 0 Å². The first-order valence-electron chi connectivity index (χ1n) is 10.6. The van der Waals surface area contributed by atoms with E-state index in [4.69, 9.17) is 0 Å². The maximum Gasteiger partial charge on any atom is 0.246 e. The van der Waals surface area contributed by atoms with E-state index in [-0.39, 0.29) is 23.8 Å². The molecule has 1 fully saturated rings. The fourth-order valence-electron chi connectivity index (χ4n) is 4.39. The van der Waals surface area contributed by atoms with Gasteiger partial charge in [-0.25, -0.2) is 0 Å². The summed E-state index contributed by atoms with van der Waals surface area (Å²) >= 11 is 0. The second-order valence-corrected chi connectivity index (χ2v) is 8.00. The van der Waals surface area contributed by atoms with Gasteiger partial charge in [0, 0.05) is 25.1 Å². The van der Waals surface area contributed by atoms with Gasteiger partial charge in [-0.3, -0.25) is 9.59 Å². The highest BCUT2D eigenvalue weighted by molar-refractivity contribution is 5.92. The van der Waals surface area contributed by atoms with Crippen molar-refractivity contribution >= 4 is 17.9 Å². The molecule has 4 heteroatoms. The molecule has 2 amide bonds. The van der Waals surface area contributed by atoms with Crippen LogP contribution in [0.1, 0.15) is 48.4 Å². The van der Waals surface area contributed by atoms with E-state index in [9.17, 15) is 9.59 Å². The smallest absolute Gasteiger partial charge is 0.246 e. The number of carbonyl (C=O) groups is 2. The van der Waals surface area contributed by atoms with Crippen LogP contribution in [0.25, 0.3) is 6.08 Å². The molecule has 29 heavy (non-hydrogen) atoms. The van der Waals surface area contributed by atoms with Gasteiger partial charge in [0.1, 0.15) is 0 Å². The van der Waals surface area contributed by atoms with Crippen LogP contribution in [0.2, 0.25) is 0 Å². The van der Waals surface area contributed by atoms with E-state index in [1.165, 1.54) is 11.1 Å². The Kier molecular flexibility index (Phi) is 6.09. The number of benzene rings is 2. The predicted molar refractivity (Wildman–Crippen MR) is 115 cm³/mol. The molecule has 0 spiro atoms. The minimum atomic E-state index is -0.00811. The van der Waals surface area contributed by atoms with Crippen LogP contribution < -0.4 is 5.32 Å². The third kappa shape index (κ3) is 4.76. The van der Waals surface area contributed by atoms with Crippen molar-refractivity contribution in [1.82, 2.24) is 10.2 Å². The van der Waals surface area contributed by atoms with Gasteiger partial charge in [0.15, 0.2) is 0 Å². The van der Waals surface area contributed by atoms with E-state index in [0.29, 0.717) is 13.1 Å². The summed E-state index contributed by atoms with van der Waals surface area (Å²) in [6.45, 7) is 1.27. The average Bonchev–Trinajstić information content (AvgIpc) is 2.78. The molecule has 1 atom stereocenters. The summed E-state index contributed by atoms with van der Waals surface area (Å²) in [7, 11) is 0. The molecule has 1 unspecified atom stereocenters. The summed E-state index contributed by atoms with van der Waals surface area (Å²) in [4.78, 5) is 27.1. The lowest BCUT2D eigenvalue weighted by Gasteiger charge is -2.33. The molecule has 4 nitrogen and oxygen atoms in total. The van der Waals surface area contributed by atoms with Crippen molar-refractivity contribution < 1.29 is 9.59 Å². The number of hydrogen-bond donors (Lipinski definition) is 1. The lowest BCUT2D eigenvalue weighted by atomic mass is 9.87. The molecule has 150 valence electrons. The lowest BCUT2D eigenvalue weighted by Crippen LogP contribution is -2.43. The van der Waals surface area contributed by atoms with E-state index in [1.54, 1.807) is 6.08 Å². The lowest BCUT2D eigenvalue weighted by molar-refractivity contribution is -0.132. The first-order chi connectivity index (χ1) is 14.2. The minimum Gasteiger partial charge on any atom is -0.349 e. The van der Waals surface area contributed by atoms with Gasteiger partial charge in [-0.15, -0.1) is 0 Å². The molecule has 0 aromatic heterocycles. The zero-order valence-corrected chi connectivity index (χ0v) is 16.7. The Morgan fingerprint density at radius 1 is 0.931 bits per heavy atom. The molecule has 0 radical (unpaired) electrons. The topological polar surface area (TPSA) is 49.4 Å². The van der Waals surface area contributed by atoms with Crippen molar-refractivity contribution in [2.45, 2.75) is 38.1 Å². The molecule has 0 bridgehead atoms. The van der Waals surface area contributed by atoms with Gasteiger partial charge in [0.2, 0.25) is 11.8 Å². The number of fused-ring (bicyclic) bond motifs is 1. The Hall–Kier alpha value is -2.88. The van der Waals surface area contributed by atoms with Crippen LogP contribution in [0.5, 0.6) is 0 Å². The number of nitrogens with zero attached hydrogens (tertiary/aromatic N) is 1. The Morgan fingerprint density at radius 2 is 1.66 bits per heavy atom. The Labute approximate surface area is 172 Å². The van der Waals surface area contributed by atoms with Gasteiger partial charge in [-0.05, 0) is 54.9 Å². The molecule has 4 rings (SSSR count). The third-order valence-electron chi connectivity index (χ3n) is 6.08. The van der Waals surface area contributed by atoms with E-state index in [2.05, 4.69) is 29.6 Å². The standard InChI is InChI=1S/C25H28N2O2/c28-24(14-13-19-7-2-1-3-8-19)27-17-15-21(16-18-27)25(29)26-23-12-6-10-20-9-4-5-11-22(20)23/h1-5,7-9,11,13-14,21,23H,6,10,12,15-18H2,(H,26,29)/b14-13+. The minimum absolute atomic E-state index is 0.00811. The maximum absolute atomic E-state index is 12.8. The van der Waals surface area contributed by atoms with Gasteiger partial charge in [-0.2, -0.15) is 0 Å².